The second-order valence-electron chi connectivity index (χ2n) is 10.6. The molecule has 0 bridgehead atoms. The van der Waals surface area contributed by atoms with Gasteiger partial charge in [0.25, 0.3) is 5.91 Å². The van der Waals surface area contributed by atoms with Crippen LogP contribution in [0.2, 0.25) is 0 Å². The third-order valence-electron chi connectivity index (χ3n) is 5.80. The van der Waals surface area contributed by atoms with E-state index in [0.717, 1.165) is 27.8 Å². The summed E-state index contributed by atoms with van der Waals surface area (Å²) in [5.74, 6) is 0.229. The molecule has 1 N–H and O–H groups in total. The lowest BCUT2D eigenvalue weighted by molar-refractivity contribution is -0.143. The van der Waals surface area contributed by atoms with Crippen LogP contribution in [0.3, 0.4) is 0 Å². The van der Waals surface area contributed by atoms with Gasteiger partial charge in [-0.05, 0) is 75.9 Å². The van der Waals surface area contributed by atoms with Gasteiger partial charge in [0.05, 0.1) is 0 Å². The van der Waals surface area contributed by atoms with Crippen molar-refractivity contribution in [3.8, 4) is 5.75 Å². The average molecular weight is 487 g/mol. The number of hydrogen-bond donors (Lipinski definition) is 1. The summed E-state index contributed by atoms with van der Waals surface area (Å²) in [6.07, 6.45) is 0.407. The number of aryl methyl sites for hydroxylation is 3. The number of hydrogen-bond acceptors (Lipinski definition) is 3. The van der Waals surface area contributed by atoms with Gasteiger partial charge in [-0.1, -0.05) is 66.2 Å². The van der Waals surface area contributed by atoms with E-state index < -0.39 is 11.6 Å². The third-order valence-corrected chi connectivity index (χ3v) is 5.80. The van der Waals surface area contributed by atoms with Crippen molar-refractivity contribution in [2.75, 3.05) is 6.61 Å². The van der Waals surface area contributed by atoms with E-state index in [1.54, 1.807) is 4.90 Å². The van der Waals surface area contributed by atoms with Gasteiger partial charge < -0.3 is 15.0 Å². The lowest BCUT2D eigenvalue weighted by Gasteiger charge is -2.33. The van der Waals surface area contributed by atoms with E-state index >= 15 is 0 Å². The zero-order valence-electron chi connectivity index (χ0n) is 22.3. The Morgan fingerprint density at radius 3 is 2.03 bits per heavy atom. The molecule has 0 fully saturated rings. The fourth-order valence-corrected chi connectivity index (χ4v) is 4.14. The van der Waals surface area contributed by atoms with Crippen LogP contribution >= 0.6 is 0 Å². The second-order valence-corrected chi connectivity index (χ2v) is 10.6. The van der Waals surface area contributed by atoms with Crippen molar-refractivity contribution in [1.82, 2.24) is 10.2 Å². The molecule has 5 nitrogen and oxygen atoms in total. The van der Waals surface area contributed by atoms with Gasteiger partial charge in [0.15, 0.2) is 6.61 Å². The largest absolute Gasteiger partial charge is 0.484 e. The Hall–Kier alpha value is -3.60. The predicted octanol–water partition coefficient (Wildman–Crippen LogP) is 5.55. The molecule has 190 valence electrons. The van der Waals surface area contributed by atoms with Gasteiger partial charge in [0.2, 0.25) is 5.91 Å². The first kappa shape index (κ1) is 27.0. The maximum absolute atomic E-state index is 13.7. The van der Waals surface area contributed by atoms with Crippen LogP contribution in [0.4, 0.5) is 0 Å². The topological polar surface area (TPSA) is 58.6 Å². The SMILES string of the molecule is Cc1ccc(CN(C(=O)COc2cc(C)cc(C)c2)C(Cc2ccccc2)C(=O)NC(C)(C)C)cc1. The number of ether oxygens (including phenoxy) is 1. The summed E-state index contributed by atoms with van der Waals surface area (Å²) in [5, 5.41) is 3.08. The van der Waals surface area contributed by atoms with E-state index in [1.807, 2.05) is 108 Å². The van der Waals surface area contributed by atoms with E-state index in [0.29, 0.717) is 18.7 Å². The van der Waals surface area contributed by atoms with Gasteiger partial charge >= 0.3 is 0 Å². The number of nitrogens with one attached hydrogen (secondary N) is 1. The van der Waals surface area contributed by atoms with Crippen LogP contribution in [0.25, 0.3) is 0 Å². The summed E-state index contributed by atoms with van der Waals surface area (Å²) in [7, 11) is 0. The molecule has 0 radical (unpaired) electrons. The lowest BCUT2D eigenvalue weighted by Crippen LogP contribution is -2.55. The molecule has 5 heteroatoms. The first-order valence-corrected chi connectivity index (χ1v) is 12.4. The lowest BCUT2D eigenvalue weighted by atomic mass is 10.0. The fourth-order valence-electron chi connectivity index (χ4n) is 4.14. The smallest absolute Gasteiger partial charge is 0.261 e. The highest BCUT2D eigenvalue weighted by Gasteiger charge is 2.32. The van der Waals surface area contributed by atoms with Crippen LogP contribution in [-0.4, -0.2) is 34.9 Å². The molecule has 0 aromatic heterocycles. The van der Waals surface area contributed by atoms with Gasteiger partial charge in [-0.2, -0.15) is 0 Å². The maximum Gasteiger partial charge on any atom is 0.261 e. The van der Waals surface area contributed by atoms with Gasteiger partial charge in [0.1, 0.15) is 11.8 Å². The molecule has 3 rings (SSSR count). The zero-order chi connectivity index (χ0) is 26.3. The molecule has 0 aliphatic heterocycles. The van der Waals surface area contributed by atoms with Gasteiger partial charge in [-0.3, -0.25) is 9.59 Å². The number of amides is 2. The number of carbonyl (C=O) groups excluding carboxylic acids is 2. The maximum atomic E-state index is 13.7. The molecule has 3 aromatic carbocycles. The first-order chi connectivity index (χ1) is 17.0. The molecular weight excluding hydrogens is 448 g/mol. The van der Waals surface area contributed by atoms with Crippen LogP contribution in [0.15, 0.2) is 72.8 Å². The minimum absolute atomic E-state index is 0.150. The quantitative estimate of drug-likeness (QED) is 0.432. The molecule has 2 amide bonds. The normalized spacial score (nSPS) is 12.1. The molecular formula is C31H38N2O3. The Labute approximate surface area is 215 Å². The average Bonchev–Trinajstić information content (AvgIpc) is 2.80. The van der Waals surface area contributed by atoms with E-state index in [1.165, 1.54) is 0 Å². The van der Waals surface area contributed by atoms with Crippen molar-refractivity contribution >= 4 is 11.8 Å². The molecule has 3 aromatic rings. The van der Waals surface area contributed by atoms with Crippen LogP contribution in [-0.2, 0) is 22.6 Å². The minimum atomic E-state index is -0.691. The third kappa shape index (κ3) is 8.26. The molecule has 1 atom stereocenters. The number of carbonyl (C=O) groups is 2. The zero-order valence-corrected chi connectivity index (χ0v) is 22.3. The summed E-state index contributed by atoms with van der Waals surface area (Å²) in [6.45, 7) is 12.0. The molecule has 36 heavy (non-hydrogen) atoms. The Balaban J connectivity index is 1.93. The molecule has 0 saturated carbocycles. The van der Waals surface area contributed by atoms with Gasteiger partial charge in [0, 0.05) is 18.5 Å². The van der Waals surface area contributed by atoms with Crippen molar-refractivity contribution in [2.45, 2.75) is 66.1 Å². The number of nitrogens with zero attached hydrogens (tertiary/aromatic N) is 1. The summed E-state index contributed by atoms with van der Waals surface area (Å²) < 4.78 is 5.93. The molecule has 1 unspecified atom stereocenters. The van der Waals surface area contributed by atoms with Gasteiger partial charge in [-0.25, -0.2) is 0 Å². The highest BCUT2D eigenvalue weighted by atomic mass is 16.5. The van der Waals surface area contributed by atoms with Crippen LogP contribution in [0, 0.1) is 20.8 Å². The molecule has 0 aliphatic rings. The van der Waals surface area contributed by atoms with E-state index in [4.69, 9.17) is 4.74 Å². The standard InChI is InChI=1S/C31H38N2O3/c1-22-12-14-26(15-13-22)20-33(29(34)21-36-27-17-23(2)16-24(3)18-27)28(30(35)32-31(4,5)6)19-25-10-8-7-9-11-25/h7-18,28H,19-21H2,1-6H3,(H,32,35). The van der Waals surface area contributed by atoms with Crippen LogP contribution in [0.5, 0.6) is 5.75 Å². The summed E-state index contributed by atoms with van der Waals surface area (Å²) in [6, 6.07) is 23.0. The van der Waals surface area contributed by atoms with Gasteiger partial charge in [-0.15, -0.1) is 0 Å². The summed E-state index contributed by atoms with van der Waals surface area (Å²) in [4.78, 5) is 28.9. The van der Waals surface area contributed by atoms with Crippen LogP contribution in [0.1, 0.15) is 48.6 Å². The molecule has 0 aliphatic carbocycles. The first-order valence-electron chi connectivity index (χ1n) is 12.4. The predicted molar refractivity (Wildman–Crippen MR) is 145 cm³/mol. The minimum Gasteiger partial charge on any atom is -0.484 e. The Morgan fingerprint density at radius 2 is 1.44 bits per heavy atom. The molecule has 0 spiro atoms. The van der Waals surface area contributed by atoms with Crippen LogP contribution < -0.4 is 10.1 Å². The summed E-state index contributed by atoms with van der Waals surface area (Å²) in [5.41, 5.74) is 4.80. The van der Waals surface area contributed by atoms with E-state index in [9.17, 15) is 9.59 Å². The van der Waals surface area contributed by atoms with E-state index in [-0.39, 0.29) is 18.4 Å². The Kier molecular flexibility index (Phi) is 8.92. The van der Waals surface area contributed by atoms with Crippen molar-refractivity contribution in [1.29, 1.82) is 0 Å². The molecule has 0 saturated heterocycles. The highest BCUT2D eigenvalue weighted by molar-refractivity contribution is 5.89. The van der Waals surface area contributed by atoms with Crippen molar-refractivity contribution in [2.24, 2.45) is 0 Å². The molecule has 0 heterocycles. The number of rotatable bonds is 9. The fraction of sp³-hybridized carbons (Fsp3) is 0.355. The highest BCUT2D eigenvalue weighted by Crippen LogP contribution is 2.19. The van der Waals surface area contributed by atoms with Crippen molar-refractivity contribution in [3.05, 3.63) is 101 Å². The van der Waals surface area contributed by atoms with Crippen molar-refractivity contribution in [3.63, 3.8) is 0 Å². The van der Waals surface area contributed by atoms with Crippen molar-refractivity contribution < 1.29 is 14.3 Å². The monoisotopic (exact) mass is 486 g/mol. The second kappa shape index (κ2) is 11.9. The Bertz CT molecular complexity index is 1140. The van der Waals surface area contributed by atoms with E-state index in [2.05, 4.69) is 11.4 Å². The number of benzene rings is 3. The summed E-state index contributed by atoms with van der Waals surface area (Å²) >= 11 is 0. The Morgan fingerprint density at radius 1 is 0.833 bits per heavy atom.